The van der Waals surface area contributed by atoms with Crippen molar-refractivity contribution in [3.63, 3.8) is 0 Å². The number of carbonyl (C=O) groups is 1. The highest BCUT2D eigenvalue weighted by Crippen LogP contribution is 2.22. The summed E-state index contributed by atoms with van der Waals surface area (Å²) >= 11 is 0. The summed E-state index contributed by atoms with van der Waals surface area (Å²) in [6.07, 6.45) is 6.48. The second-order valence-corrected chi connectivity index (χ2v) is 4.99. The molecule has 0 aromatic carbocycles. The highest BCUT2D eigenvalue weighted by molar-refractivity contribution is 5.78. The fourth-order valence-electron chi connectivity index (χ4n) is 2.47. The normalized spacial score (nSPS) is 23.6. The number of hydrogen-bond donors (Lipinski definition) is 2. The molecular formula is C14H21N3O. The minimum absolute atomic E-state index is 0.109. The molecule has 4 nitrogen and oxygen atoms in total. The number of nitrogens with two attached hydrogens (primary N) is 1. The molecule has 1 aromatic heterocycles. The zero-order valence-electron chi connectivity index (χ0n) is 10.6. The lowest BCUT2D eigenvalue weighted by atomic mass is 9.85. The summed E-state index contributed by atoms with van der Waals surface area (Å²) in [4.78, 5) is 16.2. The number of nitrogens with one attached hydrogen (secondary N) is 1. The van der Waals surface area contributed by atoms with Gasteiger partial charge in [-0.05, 0) is 31.4 Å². The molecule has 1 saturated carbocycles. The Morgan fingerprint density at radius 3 is 3.06 bits per heavy atom. The molecule has 1 fully saturated rings. The Bertz CT molecular complexity index is 380. The van der Waals surface area contributed by atoms with Crippen molar-refractivity contribution in [3.05, 3.63) is 30.1 Å². The Morgan fingerprint density at radius 1 is 1.44 bits per heavy atom. The Labute approximate surface area is 108 Å². The molecule has 2 unspecified atom stereocenters. The molecule has 1 aliphatic carbocycles. The molecule has 18 heavy (non-hydrogen) atoms. The molecule has 0 radical (unpaired) electrons. The van der Waals surface area contributed by atoms with E-state index in [1.54, 1.807) is 6.20 Å². The van der Waals surface area contributed by atoms with Crippen LogP contribution in [0.4, 0.5) is 0 Å². The number of aromatic nitrogens is 1. The van der Waals surface area contributed by atoms with Crippen molar-refractivity contribution in [3.8, 4) is 0 Å². The predicted molar refractivity (Wildman–Crippen MR) is 70.9 cm³/mol. The summed E-state index contributed by atoms with van der Waals surface area (Å²) in [7, 11) is 0. The lowest BCUT2D eigenvalue weighted by Gasteiger charge is -2.25. The van der Waals surface area contributed by atoms with Crippen LogP contribution >= 0.6 is 0 Å². The van der Waals surface area contributed by atoms with Gasteiger partial charge < -0.3 is 11.1 Å². The van der Waals surface area contributed by atoms with E-state index in [4.69, 9.17) is 5.73 Å². The SMILES string of the molecule is NC1CCCC(C(=O)NCCc2ccccn2)C1. The van der Waals surface area contributed by atoms with E-state index in [1.165, 1.54) is 0 Å². The molecule has 3 N–H and O–H groups in total. The molecule has 2 rings (SSSR count). The van der Waals surface area contributed by atoms with Crippen LogP contribution in [0, 0.1) is 5.92 Å². The number of carbonyl (C=O) groups excluding carboxylic acids is 1. The fraction of sp³-hybridized carbons (Fsp3) is 0.571. The third kappa shape index (κ3) is 3.81. The number of nitrogens with zero attached hydrogens (tertiary/aromatic N) is 1. The van der Waals surface area contributed by atoms with E-state index in [9.17, 15) is 4.79 Å². The molecule has 4 heteroatoms. The predicted octanol–water partition coefficient (Wildman–Crippen LogP) is 1.26. The van der Waals surface area contributed by atoms with Crippen molar-refractivity contribution in [2.75, 3.05) is 6.54 Å². The van der Waals surface area contributed by atoms with Gasteiger partial charge in [0, 0.05) is 36.8 Å². The van der Waals surface area contributed by atoms with E-state index in [0.717, 1.165) is 37.8 Å². The van der Waals surface area contributed by atoms with Crippen LogP contribution in [0.1, 0.15) is 31.4 Å². The van der Waals surface area contributed by atoms with Crippen molar-refractivity contribution < 1.29 is 4.79 Å². The van der Waals surface area contributed by atoms with Gasteiger partial charge in [0.25, 0.3) is 0 Å². The maximum atomic E-state index is 11.9. The quantitative estimate of drug-likeness (QED) is 0.841. The molecule has 0 saturated heterocycles. The summed E-state index contributed by atoms with van der Waals surface area (Å²) < 4.78 is 0. The van der Waals surface area contributed by atoms with Crippen molar-refractivity contribution in [1.29, 1.82) is 0 Å². The van der Waals surface area contributed by atoms with E-state index >= 15 is 0 Å². The van der Waals surface area contributed by atoms with E-state index in [2.05, 4.69) is 10.3 Å². The van der Waals surface area contributed by atoms with Gasteiger partial charge >= 0.3 is 0 Å². The van der Waals surface area contributed by atoms with Gasteiger partial charge in [-0.1, -0.05) is 12.5 Å². The molecule has 1 heterocycles. The van der Waals surface area contributed by atoms with Gasteiger partial charge in [0.2, 0.25) is 5.91 Å². The smallest absolute Gasteiger partial charge is 0.223 e. The summed E-state index contributed by atoms with van der Waals surface area (Å²) in [5.74, 6) is 0.263. The van der Waals surface area contributed by atoms with Crippen molar-refractivity contribution in [2.45, 2.75) is 38.1 Å². The minimum atomic E-state index is 0.109. The lowest BCUT2D eigenvalue weighted by molar-refractivity contribution is -0.126. The lowest BCUT2D eigenvalue weighted by Crippen LogP contribution is -2.38. The molecule has 2 atom stereocenters. The van der Waals surface area contributed by atoms with Crippen LogP contribution in [0.2, 0.25) is 0 Å². The Kier molecular flexibility index (Phi) is 4.70. The minimum Gasteiger partial charge on any atom is -0.355 e. The van der Waals surface area contributed by atoms with Gasteiger partial charge in [-0.25, -0.2) is 0 Å². The van der Waals surface area contributed by atoms with Crippen molar-refractivity contribution in [1.82, 2.24) is 10.3 Å². The molecule has 1 amide bonds. The van der Waals surface area contributed by atoms with Gasteiger partial charge in [0.05, 0.1) is 0 Å². The van der Waals surface area contributed by atoms with Crippen LogP contribution in [0.3, 0.4) is 0 Å². The third-order valence-electron chi connectivity index (χ3n) is 3.49. The van der Waals surface area contributed by atoms with E-state index in [-0.39, 0.29) is 17.9 Å². The first-order valence-electron chi connectivity index (χ1n) is 6.69. The number of rotatable bonds is 4. The summed E-state index contributed by atoms with van der Waals surface area (Å²) in [6, 6.07) is 6.03. The van der Waals surface area contributed by atoms with E-state index in [1.807, 2.05) is 18.2 Å². The van der Waals surface area contributed by atoms with Crippen LogP contribution in [-0.2, 0) is 11.2 Å². The number of hydrogen-bond acceptors (Lipinski definition) is 3. The summed E-state index contributed by atoms with van der Waals surface area (Å²) in [5, 5.41) is 2.99. The molecule has 1 aromatic rings. The van der Waals surface area contributed by atoms with E-state index < -0.39 is 0 Å². The van der Waals surface area contributed by atoms with Gasteiger partial charge in [-0.3, -0.25) is 9.78 Å². The molecule has 0 bridgehead atoms. The van der Waals surface area contributed by atoms with Gasteiger partial charge in [0.1, 0.15) is 0 Å². The second-order valence-electron chi connectivity index (χ2n) is 4.99. The van der Waals surface area contributed by atoms with Crippen LogP contribution in [0.25, 0.3) is 0 Å². The third-order valence-corrected chi connectivity index (χ3v) is 3.49. The molecule has 98 valence electrons. The van der Waals surface area contributed by atoms with Crippen molar-refractivity contribution >= 4 is 5.91 Å². The topological polar surface area (TPSA) is 68.0 Å². The average Bonchev–Trinajstić information content (AvgIpc) is 2.40. The zero-order valence-corrected chi connectivity index (χ0v) is 10.6. The average molecular weight is 247 g/mol. The first kappa shape index (κ1) is 13.0. The van der Waals surface area contributed by atoms with Crippen LogP contribution in [-0.4, -0.2) is 23.5 Å². The zero-order chi connectivity index (χ0) is 12.8. The Morgan fingerprint density at radius 2 is 2.33 bits per heavy atom. The van der Waals surface area contributed by atoms with Gasteiger partial charge in [-0.15, -0.1) is 0 Å². The number of amides is 1. The maximum absolute atomic E-state index is 11.9. The highest BCUT2D eigenvalue weighted by atomic mass is 16.1. The fourth-order valence-corrected chi connectivity index (χ4v) is 2.47. The van der Waals surface area contributed by atoms with Gasteiger partial charge in [0.15, 0.2) is 0 Å². The van der Waals surface area contributed by atoms with Crippen molar-refractivity contribution in [2.24, 2.45) is 11.7 Å². The Hall–Kier alpha value is -1.42. The molecule has 1 aliphatic rings. The standard InChI is InChI=1S/C14H21N3O/c15-12-5-3-4-11(10-12)14(18)17-9-7-13-6-1-2-8-16-13/h1-2,6,8,11-12H,3-5,7,9-10,15H2,(H,17,18). The summed E-state index contributed by atoms with van der Waals surface area (Å²) in [6.45, 7) is 0.654. The monoisotopic (exact) mass is 247 g/mol. The van der Waals surface area contributed by atoms with Crippen LogP contribution in [0.5, 0.6) is 0 Å². The highest BCUT2D eigenvalue weighted by Gasteiger charge is 2.24. The van der Waals surface area contributed by atoms with Crippen LogP contribution in [0.15, 0.2) is 24.4 Å². The van der Waals surface area contributed by atoms with Crippen LogP contribution < -0.4 is 11.1 Å². The van der Waals surface area contributed by atoms with E-state index in [0.29, 0.717) is 6.54 Å². The maximum Gasteiger partial charge on any atom is 0.223 e. The number of pyridine rings is 1. The molecular weight excluding hydrogens is 226 g/mol. The summed E-state index contributed by atoms with van der Waals surface area (Å²) in [5.41, 5.74) is 6.90. The first-order valence-corrected chi connectivity index (χ1v) is 6.69. The molecule has 0 spiro atoms. The Balaban J connectivity index is 1.71. The largest absolute Gasteiger partial charge is 0.355 e. The second kappa shape index (κ2) is 6.50. The molecule has 0 aliphatic heterocycles. The van der Waals surface area contributed by atoms with Gasteiger partial charge in [-0.2, -0.15) is 0 Å². The first-order chi connectivity index (χ1) is 8.75.